The van der Waals surface area contributed by atoms with Gasteiger partial charge >= 0.3 is 0 Å². The minimum Gasteiger partial charge on any atom is -0.768 e. The largest absolute Gasteiger partial charge is 0.768 e. The number of unbranched alkanes of at least 4 members (excludes halogenated alkanes) is 4. The molecular formula is C25H36NO6S-. The fourth-order valence-electron chi connectivity index (χ4n) is 3.57. The highest BCUT2D eigenvalue weighted by Crippen LogP contribution is 2.22. The third kappa shape index (κ3) is 10.8. The lowest BCUT2D eigenvalue weighted by Crippen LogP contribution is -2.22. The topological polar surface area (TPSA) is 122 Å². The van der Waals surface area contributed by atoms with Gasteiger partial charge in [-0.2, -0.15) is 0 Å². The number of hydrogen-bond acceptors (Lipinski definition) is 7. The number of rotatable bonds is 17. The third-order valence-corrected chi connectivity index (χ3v) is 6.12. The molecule has 0 radical (unpaired) electrons. The van der Waals surface area contributed by atoms with Crippen molar-refractivity contribution in [2.45, 2.75) is 62.6 Å². The Morgan fingerprint density at radius 3 is 2.55 bits per heavy atom. The summed E-state index contributed by atoms with van der Waals surface area (Å²) < 4.78 is 27.6. The number of ether oxygens (including phenoxy) is 1. The number of aryl methyl sites for hydroxylation is 1. The van der Waals surface area contributed by atoms with E-state index < -0.39 is 17.2 Å². The van der Waals surface area contributed by atoms with E-state index in [0.717, 1.165) is 63.7 Å². The third-order valence-electron chi connectivity index (χ3n) is 5.48. The Morgan fingerprint density at radius 2 is 1.76 bits per heavy atom. The summed E-state index contributed by atoms with van der Waals surface area (Å²) in [6, 6.07) is 11.8. The number of hydrogen-bond donors (Lipinski definition) is 4. The van der Waals surface area contributed by atoms with Gasteiger partial charge in [0.15, 0.2) is 0 Å². The Balaban J connectivity index is 1.41. The molecule has 2 atom stereocenters. The van der Waals surface area contributed by atoms with Crippen molar-refractivity contribution in [2.75, 3.05) is 26.3 Å². The number of aliphatic hydroxyl groups excluding tert-OH is 2. The van der Waals surface area contributed by atoms with Crippen LogP contribution in [-0.4, -0.2) is 50.4 Å². The first kappa shape index (κ1) is 27.4. The summed E-state index contributed by atoms with van der Waals surface area (Å²) in [6.07, 6.45) is 6.46. The van der Waals surface area contributed by atoms with E-state index in [4.69, 9.17) is 4.74 Å². The molecule has 7 nitrogen and oxygen atoms in total. The van der Waals surface area contributed by atoms with Crippen molar-refractivity contribution in [3.05, 3.63) is 59.2 Å². The average Bonchev–Trinajstić information content (AvgIpc) is 2.82. The molecule has 33 heavy (non-hydrogen) atoms. The fourth-order valence-corrected chi connectivity index (χ4v) is 4.00. The van der Waals surface area contributed by atoms with E-state index in [0.29, 0.717) is 29.2 Å². The van der Waals surface area contributed by atoms with Gasteiger partial charge in [-0.15, -0.1) is 0 Å². The Morgan fingerprint density at radius 1 is 1.00 bits per heavy atom. The summed E-state index contributed by atoms with van der Waals surface area (Å²) >= 11 is -2.18. The highest BCUT2D eigenvalue weighted by atomic mass is 32.2. The Hall–Kier alpha value is -1.81. The molecule has 0 aromatic heterocycles. The van der Waals surface area contributed by atoms with E-state index >= 15 is 0 Å². The second-order valence-electron chi connectivity index (χ2n) is 8.13. The summed E-state index contributed by atoms with van der Waals surface area (Å²) in [5, 5.41) is 32.3. The van der Waals surface area contributed by atoms with E-state index in [-0.39, 0.29) is 12.4 Å². The first-order valence-corrected chi connectivity index (χ1v) is 12.7. The molecule has 8 heteroatoms. The molecular weight excluding hydrogens is 442 g/mol. The van der Waals surface area contributed by atoms with Crippen molar-refractivity contribution < 1.29 is 28.8 Å². The molecule has 0 saturated carbocycles. The number of benzene rings is 2. The molecule has 2 unspecified atom stereocenters. The van der Waals surface area contributed by atoms with Gasteiger partial charge in [0.25, 0.3) is 0 Å². The fraction of sp³-hybridized carbons (Fsp3) is 0.520. The van der Waals surface area contributed by atoms with Gasteiger partial charge in [0.1, 0.15) is 5.75 Å². The molecule has 2 aromatic rings. The van der Waals surface area contributed by atoms with E-state index in [2.05, 4.69) is 5.32 Å². The van der Waals surface area contributed by atoms with Crippen molar-refractivity contribution in [3.63, 3.8) is 0 Å². The molecule has 0 fully saturated rings. The SMILES string of the molecule is O=S([O-])c1cccc(CCCOCCCCCCCNCC(O)c2ccc(O)c(CO)c2)c1. The van der Waals surface area contributed by atoms with Crippen LogP contribution in [0.2, 0.25) is 0 Å². The van der Waals surface area contributed by atoms with Crippen molar-refractivity contribution in [2.24, 2.45) is 0 Å². The molecule has 4 N–H and O–H groups in total. The normalized spacial score (nSPS) is 13.2. The van der Waals surface area contributed by atoms with Crippen LogP contribution in [0.5, 0.6) is 5.75 Å². The predicted octanol–water partition coefficient (Wildman–Crippen LogP) is 3.35. The molecule has 2 rings (SSSR count). The van der Waals surface area contributed by atoms with Crippen LogP contribution < -0.4 is 5.32 Å². The summed E-state index contributed by atoms with van der Waals surface area (Å²) in [5.41, 5.74) is 2.11. The lowest BCUT2D eigenvalue weighted by atomic mass is 10.1. The monoisotopic (exact) mass is 478 g/mol. The number of aromatic hydroxyl groups is 1. The lowest BCUT2D eigenvalue weighted by molar-refractivity contribution is 0.127. The Labute approximate surface area is 199 Å². The van der Waals surface area contributed by atoms with Crippen LogP contribution in [-0.2, 0) is 28.8 Å². The van der Waals surface area contributed by atoms with Gasteiger partial charge in [-0.05, 0) is 78.7 Å². The van der Waals surface area contributed by atoms with Crippen molar-refractivity contribution in [1.29, 1.82) is 0 Å². The van der Waals surface area contributed by atoms with E-state index in [1.54, 1.807) is 30.3 Å². The van der Waals surface area contributed by atoms with Gasteiger partial charge in [-0.1, -0.05) is 37.5 Å². The maximum atomic E-state index is 11.0. The van der Waals surface area contributed by atoms with Crippen molar-refractivity contribution in [1.82, 2.24) is 5.32 Å². The van der Waals surface area contributed by atoms with Gasteiger partial charge < -0.3 is 29.9 Å². The molecule has 0 aliphatic rings. The highest BCUT2D eigenvalue weighted by molar-refractivity contribution is 7.79. The quantitative estimate of drug-likeness (QED) is 0.203. The van der Waals surface area contributed by atoms with Crippen LogP contribution in [0.1, 0.15) is 61.3 Å². The lowest BCUT2D eigenvalue weighted by Gasteiger charge is -2.14. The zero-order valence-electron chi connectivity index (χ0n) is 19.1. The minimum atomic E-state index is -2.18. The maximum absolute atomic E-state index is 11.0. The van der Waals surface area contributed by atoms with Crippen LogP contribution in [0.4, 0.5) is 0 Å². The number of phenols is 1. The first-order valence-electron chi connectivity index (χ1n) is 11.6. The molecule has 0 spiro atoms. The average molecular weight is 479 g/mol. The van der Waals surface area contributed by atoms with Gasteiger partial charge in [-0.3, -0.25) is 4.21 Å². The van der Waals surface area contributed by atoms with Gasteiger partial charge in [0.2, 0.25) is 0 Å². The van der Waals surface area contributed by atoms with Crippen LogP contribution >= 0.6 is 0 Å². The maximum Gasteiger partial charge on any atom is 0.121 e. The van der Waals surface area contributed by atoms with Gasteiger partial charge in [0, 0.05) is 30.2 Å². The standard InChI is InChI=1S/C25H37NO6S/c27-19-22-17-21(11-12-24(22)28)25(29)18-26-13-4-2-1-3-5-14-32-15-7-9-20-8-6-10-23(16-20)33(30)31/h6,8,10-12,16-17,25-29H,1-5,7,9,13-15,18-19H2,(H,30,31)/p-1. The Bertz CT molecular complexity index is 847. The van der Waals surface area contributed by atoms with E-state index in [1.807, 2.05) is 6.07 Å². The van der Waals surface area contributed by atoms with Crippen LogP contribution in [0.3, 0.4) is 0 Å². The van der Waals surface area contributed by atoms with Crippen LogP contribution in [0, 0.1) is 0 Å². The number of aliphatic hydroxyl groups is 2. The molecule has 0 bridgehead atoms. The second kappa shape index (κ2) is 15.9. The van der Waals surface area contributed by atoms with Crippen molar-refractivity contribution in [3.8, 4) is 5.75 Å². The summed E-state index contributed by atoms with van der Waals surface area (Å²) in [5.74, 6) is 0.0361. The summed E-state index contributed by atoms with van der Waals surface area (Å²) in [7, 11) is 0. The predicted molar refractivity (Wildman–Crippen MR) is 128 cm³/mol. The molecule has 0 saturated heterocycles. The Kier molecular flexibility index (Phi) is 13.2. The molecule has 0 amide bonds. The summed E-state index contributed by atoms with van der Waals surface area (Å²) in [4.78, 5) is 0.328. The minimum absolute atomic E-state index is 0.0361. The zero-order valence-corrected chi connectivity index (χ0v) is 19.9. The molecule has 184 valence electrons. The van der Waals surface area contributed by atoms with Crippen LogP contribution in [0.15, 0.2) is 47.4 Å². The first-order chi connectivity index (χ1) is 16.0. The molecule has 0 heterocycles. The zero-order chi connectivity index (χ0) is 23.9. The van der Waals surface area contributed by atoms with E-state index in [1.165, 1.54) is 6.07 Å². The summed E-state index contributed by atoms with van der Waals surface area (Å²) in [6.45, 7) is 2.43. The highest BCUT2D eigenvalue weighted by Gasteiger charge is 2.09. The van der Waals surface area contributed by atoms with Crippen molar-refractivity contribution >= 4 is 11.1 Å². The molecule has 0 aliphatic heterocycles. The number of nitrogens with one attached hydrogen (secondary N) is 1. The van der Waals surface area contributed by atoms with Crippen LogP contribution in [0.25, 0.3) is 0 Å². The van der Waals surface area contributed by atoms with E-state index in [9.17, 15) is 24.1 Å². The smallest absolute Gasteiger partial charge is 0.121 e. The van der Waals surface area contributed by atoms with Gasteiger partial charge in [-0.25, -0.2) is 0 Å². The molecule has 2 aromatic carbocycles. The second-order valence-corrected chi connectivity index (χ2v) is 9.07. The van der Waals surface area contributed by atoms with Gasteiger partial charge in [0.05, 0.1) is 12.7 Å². The molecule has 0 aliphatic carbocycles.